The Kier molecular flexibility index (Phi) is 18.0. The summed E-state index contributed by atoms with van der Waals surface area (Å²) in [6.07, 6.45) is 0.699. The van der Waals surface area contributed by atoms with Crippen LogP contribution in [0.25, 0.3) is 0 Å². The van der Waals surface area contributed by atoms with E-state index in [2.05, 4.69) is 37.9 Å². The number of ether oxygens (including phenoxy) is 2. The van der Waals surface area contributed by atoms with Crippen molar-refractivity contribution in [3.63, 3.8) is 0 Å². The molecule has 0 bridgehead atoms. The van der Waals surface area contributed by atoms with Crippen molar-refractivity contribution in [1.29, 1.82) is 0 Å². The Bertz CT molecular complexity index is 265. The highest BCUT2D eigenvalue weighted by molar-refractivity contribution is 7.80. The lowest BCUT2D eigenvalue weighted by Gasteiger charge is -2.04. The molecule has 0 aromatic heterocycles. The molecule has 0 radical (unpaired) electrons. The molecule has 0 aromatic carbocycles. The number of hydrogen-bond acceptors (Lipinski definition) is 8. The van der Waals surface area contributed by atoms with Crippen LogP contribution in [0, 0.1) is 0 Å². The molecule has 0 rings (SSSR count). The standard InChI is InChI=1S/C8H14O4S2.C3H6O2S/c9-7(1-5-13)11-3-4-12-8(10)2-6-14;4-3(5)1-2-6/h13-14H,1-6H2;6H,1-2H2,(H,4,5). The molecule has 0 heterocycles. The van der Waals surface area contributed by atoms with Crippen molar-refractivity contribution in [3.05, 3.63) is 0 Å². The van der Waals surface area contributed by atoms with Crippen LogP contribution in [0.15, 0.2) is 0 Å². The summed E-state index contributed by atoms with van der Waals surface area (Å²) in [5, 5.41) is 7.86. The van der Waals surface area contributed by atoms with Crippen LogP contribution in [0.1, 0.15) is 19.3 Å². The van der Waals surface area contributed by atoms with Gasteiger partial charge in [-0.05, 0) is 0 Å². The summed E-state index contributed by atoms with van der Waals surface area (Å²) in [5.41, 5.74) is 0. The van der Waals surface area contributed by atoms with Gasteiger partial charge in [0.25, 0.3) is 0 Å². The van der Waals surface area contributed by atoms with Crippen LogP contribution < -0.4 is 0 Å². The first-order valence-corrected chi connectivity index (χ1v) is 7.73. The number of aliphatic carboxylic acids is 1. The molecule has 0 aliphatic heterocycles. The molecule has 118 valence electrons. The van der Waals surface area contributed by atoms with Gasteiger partial charge in [-0.15, -0.1) is 0 Å². The van der Waals surface area contributed by atoms with Crippen molar-refractivity contribution in [1.82, 2.24) is 0 Å². The summed E-state index contributed by atoms with van der Waals surface area (Å²) in [4.78, 5) is 31.1. The van der Waals surface area contributed by atoms with Crippen LogP contribution in [-0.2, 0) is 23.9 Å². The van der Waals surface area contributed by atoms with E-state index in [9.17, 15) is 14.4 Å². The average Bonchev–Trinajstić information content (AvgIpc) is 2.36. The Hall–Kier alpha value is -0.540. The maximum Gasteiger partial charge on any atom is 0.306 e. The number of carboxylic acid groups (broad SMARTS) is 1. The number of thiol groups is 3. The van der Waals surface area contributed by atoms with Crippen molar-refractivity contribution < 1.29 is 29.0 Å². The first-order chi connectivity index (χ1) is 9.47. The summed E-state index contributed by atoms with van der Waals surface area (Å²) >= 11 is 11.4. The van der Waals surface area contributed by atoms with E-state index >= 15 is 0 Å². The minimum absolute atomic E-state index is 0.102. The zero-order chi connectivity index (χ0) is 15.8. The van der Waals surface area contributed by atoms with Gasteiger partial charge in [-0.25, -0.2) is 0 Å². The monoisotopic (exact) mass is 344 g/mol. The van der Waals surface area contributed by atoms with Gasteiger partial charge in [0, 0.05) is 17.3 Å². The lowest BCUT2D eigenvalue weighted by Crippen LogP contribution is -2.14. The van der Waals surface area contributed by atoms with E-state index in [1.165, 1.54) is 0 Å². The van der Waals surface area contributed by atoms with Crippen LogP contribution in [0.4, 0.5) is 0 Å². The quantitative estimate of drug-likeness (QED) is 0.285. The SMILES string of the molecule is O=C(CCS)OCCOC(=O)CCS.O=C(O)CCS. The first kappa shape index (κ1) is 21.8. The summed E-state index contributed by atoms with van der Waals surface area (Å²) < 4.78 is 9.45. The average molecular weight is 344 g/mol. The molecular weight excluding hydrogens is 324 g/mol. The minimum atomic E-state index is -0.787. The Morgan fingerprint density at radius 1 is 0.750 bits per heavy atom. The third-order valence-corrected chi connectivity index (χ3v) is 2.24. The molecule has 0 unspecified atom stereocenters. The van der Waals surface area contributed by atoms with E-state index in [1.807, 2.05) is 0 Å². The molecule has 6 nitrogen and oxygen atoms in total. The van der Waals surface area contributed by atoms with Crippen LogP contribution in [0.5, 0.6) is 0 Å². The largest absolute Gasteiger partial charge is 0.481 e. The number of carbonyl (C=O) groups is 3. The number of carbonyl (C=O) groups excluding carboxylic acids is 2. The van der Waals surface area contributed by atoms with Crippen molar-refractivity contribution >= 4 is 55.8 Å². The zero-order valence-corrected chi connectivity index (χ0v) is 13.7. The van der Waals surface area contributed by atoms with Crippen LogP contribution >= 0.6 is 37.9 Å². The Morgan fingerprint density at radius 2 is 1.10 bits per heavy atom. The summed E-state index contributed by atoms with van der Waals surface area (Å²) in [7, 11) is 0. The molecule has 0 spiro atoms. The highest BCUT2D eigenvalue weighted by Gasteiger charge is 2.03. The maximum absolute atomic E-state index is 10.8. The second kappa shape index (κ2) is 16.5. The molecule has 0 fully saturated rings. The number of esters is 2. The Labute approximate surface area is 134 Å². The molecule has 0 atom stereocenters. The lowest BCUT2D eigenvalue weighted by atomic mass is 10.5. The van der Waals surface area contributed by atoms with Gasteiger partial charge in [0.15, 0.2) is 0 Å². The predicted molar refractivity (Wildman–Crippen MR) is 85.0 cm³/mol. The third kappa shape index (κ3) is 19.8. The Balaban J connectivity index is 0. The normalized spacial score (nSPS) is 9.15. The van der Waals surface area contributed by atoms with Crippen LogP contribution in [-0.4, -0.2) is 53.5 Å². The van der Waals surface area contributed by atoms with E-state index in [0.29, 0.717) is 17.3 Å². The topological polar surface area (TPSA) is 89.9 Å². The van der Waals surface area contributed by atoms with Gasteiger partial charge in [0.05, 0.1) is 19.3 Å². The van der Waals surface area contributed by atoms with Gasteiger partial charge in [0.1, 0.15) is 13.2 Å². The van der Waals surface area contributed by atoms with E-state index in [4.69, 9.17) is 14.6 Å². The summed E-state index contributed by atoms with van der Waals surface area (Å²) in [6.45, 7) is 0.204. The van der Waals surface area contributed by atoms with Crippen molar-refractivity contribution in [2.75, 3.05) is 30.5 Å². The summed E-state index contributed by atoms with van der Waals surface area (Å²) in [6, 6.07) is 0. The van der Waals surface area contributed by atoms with Gasteiger partial charge in [0.2, 0.25) is 0 Å². The molecule has 0 aromatic rings. The summed E-state index contributed by atoms with van der Waals surface area (Å²) in [5.74, 6) is -0.105. The number of carboxylic acids is 1. The van der Waals surface area contributed by atoms with Gasteiger partial charge >= 0.3 is 17.9 Å². The predicted octanol–water partition coefficient (Wildman–Crippen LogP) is 1.10. The minimum Gasteiger partial charge on any atom is -0.481 e. The molecule has 0 aliphatic carbocycles. The van der Waals surface area contributed by atoms with E-state index in [1.54, 1.807) is 0 Å². The maximum atomic E-state index is 10.8. The zero-order valence-electron chi connectivity index (χ0n) is 11.0. The van der Waals surface area contributed by atoms with Crippen molar-refractivity contribution in [2.24, 2.45) is 0 Å². The molecule has 0 aliphatic rings. The van der Waals surface area contributed by atoms with E-state index < -0.39 is 5.97 Å². The van der Waals surface area contributed by atoms with Crippen molar-refractivity contribution in [3.8, 4) is 0 Å². The molecular formula is C11H20O6S3. The molecule has 20 heavy (non-hydrogen) atoms. The highest BCUT2D eigenvalue weighted by Crippen LogP contribution is 1.91. The second-order valence-corrected chi connectivity index (χ2v) is 4.60. The fourth-order valence-electron chi connectivity index (χ4n) is 0.734. The van der Waals surface area contributed by atoms with Crippen molar-refractivity contribution in [2.45, 2.75) is 19.3 Å². The number of hydrogen-bond donors (Lipinski definition) is 4. The lowest BCUT2D eigenvalue weighted by molar-refractivity contribution is -0.151. The third-order valence-electron chi connectivity index (χ3n) is 1.57. The van der Waals surface area contributed by atoms with Gasteiger partial charge in [-0.2, -0.15) is 37.9 Å². The van der Waals surface area contributed by atoms with Gasteiger partial charge < -0.3 is 14.6 Å². The van der Waals surface area contributed by atoms with E-state index in [0.717, 1.165) is 0 Å². The fraction of sp³-hybridized carbons (Fsp3) is 0.727. The smallest absolute Gasteiger partial charge is 0.306 e. The van der Waals surface area contributed by atoms with Crippen LogP contribution in [0.3, 0.4) is 0 Å². The van der Waals surface area contributed by atoms with Gasteiger partial charge in [-0.3, -0.25) is 14.4 Å². The van der Waals surface area contributed by atoms with Gasteiger partial charge in [-0.1, -0.05) is 0 Å². The molecule has 0 amide bonds. The fourth-order valence-corrected chi connectivity index (χ4v) is 1.29. The molecule has 0 saturated carbocycles. The van der Waals surface area contributed by atoms with E-state index in [-0.39, 0.29) is 44.4 Å². The highest BCUT2D eigenvalue weighted by atomic mass is 32.1. The molecule has 9 heteroatoms. The van der Waals surface area contributed by atoms with Crippen LogP contribution in [0.2, 0.25) is 0 Å². The molecule has 1 N–H and O–H groups in total. The molecule has 0 saturated heterocycles. The Morgan fingerprint density at radius 3 is 1.30 bits per heavy atom. The second-order valence-electron chi connectivity index (χ2n) is 3.26. The number of rotatable bonds is 9. The first-order valence-electron chi connectivity index (χ1n) is 5.83.